The predicted molar refractivity (Wildman–Crippen MR) is 388 cm³/mol. The zero-order chi connectivity index (χ0) is 68.2. The summed E-state index contributed by atoms with van der Waals surface area (Å²) >= 11 is 0. The highest BCUT2D eigenvalue weighted by Gasteiger charge is 2.40. The van der Waals surface area contributed by atoms with Crippen LogP contribution in [0, 0.1) is 0 Å². The van der Waals surface area contributed by atoms with Crippen LogP contribution in [0.3, 0.4) is 0 Å². The molecule has 2 aliphatic heterocycles. The summed E-state index contributed by atoms with van der Waals surface area (Å²) in [7, 11) is 0. The Balaban J connectivity index is 0.000000179. The third-order valence-corrected chi connectivity index (χ3v) is 17.7. The minimum Gasteiger partial charge on any atom is -0.489 e. The molecule has 2 aliphatic rings. The molecule has 0 aromatic heterocycles. The number of ether oxygens (including phenoxy) is 10. The van der Waals surface area contributed by atoms with Crippen molar-refractivity contribution in [3.05, 3.63) is 370 Å². The van der Waals surface area contributed by atoms with Gasteiger partial charge in [0.15, 0.2) is 35.2 Å². The van der Waals surface area contributed by atoms with E-state index in [2.05, 4.69) is 0 Å². The van der Waals surface area contributed by atoms with Gasteiger partial charge in [0.1, 0.15) is 99.6 Å². The van der Waals surface area contributed by atoms with Crippen molar-refractivity contribution in [3.8, 4) is 57.5 Å². The minimum atomic E-state index is -0.865. The first-order valence-corrected chi connectivity index (χ1v) is 33.9. The molecule has 12 aromatic carbocycles. The maximum absolute atomic E-state index is 11.8. The lowest BCUT2D eigenvalue weighted by Crippen LogP contribution is -2.33. The van der Waals surface area contributed by atoms with Gasteiger partial charge in [-0.05, 0) is 79.9 Å². The Morgan fingerprint density at radius 3 is 0.740 bits per heavy atom. The Morgan fingerprint density at radius 1 is 0.250 bits per heavy atom. The molecule has 12 nitrogen and oxygen atoms in total. The van der Waals surface area contributed by atoms with Gasteiger partial charge in [-0.3, -0.25) is 0 Å². The molecule has 0 fully saturated rings. The third kappa shape index (κ3) is 17.4. The van der Waals surface area contributed by atoms with Crippen molar-refractivity contribution in [1.82, 2.24) is 0 Å². The summed E-state index contributed by atoms with van der Waals surface area (Å²) in [6, 6.07) is 99.2. The van der Waals surface area contributed by atoms with Gasteiger partial charge in [0.2, 0.25) is 0 Å². The second-order valence-corrected chi connectivity index (χ2v) is 24.9. The summed E-state index contributed by atoms with van der Waals surface area (Å²) in [5, 5.41) is 23.6. The summed E-state index contributed by atoms with van der Waals surface area (Å²) in [5.41, 5.74) is 11.5. The van der Waals surface area contributed by atoms with Crippen LogP contribution in [0.4, 0.5) is 0 Å². The van der Waals surface area contributed by atoms with Crippen LogP contribution >= 0.6 is 0 Å². The van der Waals surface area contributed by atoms with Gasteiger partial charge in [-0.15, -0.1) is 0 Å². The van der Waals surface area contributed by atoms with Crippen LogP contribution in [0.5, 0.6) is 57.5 Å². The normalized spacial score (nSPS) is 16.5. The molecule has 2 heterocycles. The maximum atomic E-state index is 11.8. The standard InChI is InChI=1S/2C44H40O6/c2*1-31-42-40(49-30-35-20-12-5-13-21-35)25-37(46-27-32-14-6-2-7-15-32)26-41(42)50-44(43(31)45)36-22-23-38(47-28-33-16-8-3-9-17-33)39(24-36)48-29-34-18-10-4-11-19-34/h2*2-26,31,43-45H,27-30H2,1H3/t31?,43-,44+;31?,43-,44-/m01/s1. The van der Waals surface area contributed by atoms with Crippen molar-refractivity contribution < 1.29 is 57.6 Å². The third-order valence-electron chi connectivity index (χ3n) is 17.7. The molecule has 0 amide bonds. The van der Waals surface area contributed by atoms with Crippen LogP contribution < -0.4 is 47.4 Å². The summed E-state index contributed by atoms with van der Waals surface area (Å²) < 4.78 is 63.9. The fourth-order valence-corrected chi connectivity index (χ4v) is 12.2. The van der Waals surface area contributed by atoms with E-state index in [0.29, 0.717) is 110 Å². The molecule has 12 heteroatoms. The largest absolute Gasteiger partial charge is 0.489 e. The van der Waals surface area contributed by atoms with Crippen molar-refractivity contribution in [3.63, 3.8) is 0 Å². The number of hydrogen-bond acceptors (Lipinski definition) is 12. The summed E-state index contributed by atoms with van der Waals surface area (Å²) in [5.74, 6) is 5.46. The molecule has 0 spiro atoms. The summed E-state index contributed by atoms with van der Waals surface area (Å²) in [4.78, 5) is 0. The van der Waals surface area contributed by atoms with Gasteiger partial charge in [-0.25, -0.2) is 0 Å². The lowest BCUT2D eigenvalue weighted by Gasteiger charge is -2.36. The molecule has 12 aromatic rings. The molecule has 0 aliphatic carbocycles. The van der Waals surface area contributed by atoms with E-state index >= 15 is 0 Å². The SMILES string of the molecule is CC1c2c(OCc3ccccc3)cc(OCc3ccccc3)cc2O[C@H](c2ccc(OCc3ccccc3)c(OCc3ccccc3)c2)[C@@H]1O.CC1c2c(OCc3ccccc3)cc(OCc3ccccc3)cc2O[C@H](c2ccc(OCc3ccccc3)c(OCc3ccccc3)c2)[C@H]1O. The number of aliphatic hydroxyl groups is 2. The van der Waals surface area contributed by atoms with Gasteiger partial charge < -0.3 is 57.6 Å². The van der Waals surface area contributed by atoms with Crippen LogP contribution in [0.25, 0.3) is 0 Å². The van der Waals surface area contributed by atoms with E-state index in [1.54, 1.807) is 0 Å². The molecule has 0 saturated heterocycles. The maximum Gasteiger partial charge on any atom is 0.162 e. The molecule has 0 bridgehead atoms. The Bertz CT molecular complexity index is 4220. The smallest absolute Gasteiger partial charge is 0.162 e. The van der Waals surface area contributed by atoms with Crippen LogP contribution in [0.15, 0.2) is 303 Å². The highest BCUT2D eigenvalue weighted by Crippen LogP contribution is 2.51. The number of aliphatic hydroxyl groups excluding tert-OH is 2. The van der Waals surface area contributed by atoms with Crippen molar-refractivity contribution in [1.29, 1.82) is 0 Å². The second kappa shape index (κ2) is 33.2. The van der Waals surface area contributed by atoms with E-state index in [9.17, 15) is 10.2 Å². The minimum absolute atomic E-state index is 0.305. The van der Waals surface area contributed by atoms with E-state index in [1.807, 2.05) is 317 Å². The lowest BCUT2D eigenvalue weighted by atomic mass is 9.85. The van der Waals surface area contributed by atoms with Gasteiger partial charge in [0.05, 0.1) is 0 Å². The first kappa shape index (κ1) is 67.1. The molecular formula is C88H80O12. The highest BCUT2D eigenvalue weighted by molar-refractivity contribution is 5.57. The first-order chi connectivity index (χ1) is 49.2. The Morgan fingerprint density at radius 2 is 0.480 bits per heavy atom. The van der Waals surface area contributed by atoms with Crippen molar-refractivity contribution >= 4 is 0 Å². The predicted octanol–water partition coefficient (Wildman–Crippen LogP) is 19.2. The van der Waals surface area contributed by atoms with E-state index < -0.39 is 24.4 Å². The van der Waals surface area contributed by atoms with E-state index in [1.165, 1.54) is 0 Å². The lowest BCUT2D eigenvalue weighted by molar-refractivity contribution is 0.00220. The van der Waals surface area contributed by atoms with Crippen LogP contribution in [0.1, 0.15) is 105 Å². The molecule has 100 heavy (non-hydrogen) atoms. The monoisotopic (exact) mass is 1330 g/mol. The quantitative estimate of drug-likeness (QED) is 0.0535. The van der Waals surface area contributed by atoms with Crippen LogP contribution in [-0.2, 0) is 52.9 Å². The molecule has 504 valence electrons. The van der Waals surface area contributed by atoms with Gasteiger partial charge in [-0.2, -0.15) is 0 Å². The average Bonchev–Trinajstić information content (AvgIpc) is 0.769. The van der Waals surface area contributed by atoms with Crippen molar-refractivity contribution in [2.45, 2.75) is 103 Å². The molecule has 2 N–H and O–H groups in total. The zero-order valence-corrected chi connectivity index (χ0v) is 56.0. The first-order valence-electron chi connectivity index (χ1n) is 33.9. The number of hydrogen-bond donors (Lipinski definition) is 2. The number of fused-ring (bicyclic) bond motifs is 2. The zero-order valence-electron chi connectivity index (χ0n) is 56.0. The molecule has 0 radical (unpaired) electrons. The van der Waals surface area contributed by atoms with Crippen LogP contribution in [0.2, 0.25) is 0 Å². The number of benzene rings is 12. The molecule has 2 unspecified atom stereocenters. The molecule has 6 atom stereocenters. The Hall–Kier alpha value is -11.4. The molecule has 0 saturated carbocycles. The van der Waals surface area contributed by atoms with Crippen LogP contribution in [-0.4, -0.2) is 22.4 Å². The van der Waals surface area contributed by atoms with Gasteiger partial charge in [0.25, 0.3) is 0 Å². The Kier molecular flexibility index (Phi) is 22.3. The summed E-state index contributed by atoms with van der Waals surface area (Å²) in [6.07, 6.45) is -3.08. The summed E-state index contributed by atoms with van der Waals surface area (Å²) in [6.45, 7) is 7.05. The highest BCUT2D eigenvalue weighted by atomic mass is 16.5. The van der Waals surface area contributed by atoms with Gasteiger partial charge in [-0.1, -0.05) is 269 Å². The second-order valence-electron chi connectivity index (χ2n) is 24.9. The van der Waals surface area contributed by atoms with E-state index in [-0.39, 0.29) is 11.8 Å². The van der Waals surface area contributed by atoms with Gasteiger partial charge in [0, 0.05) is 47.2 Å². The van der Waals surface area contributed by atoms with E-state index in [4.69, 9.17) is 47.4 Å². The van der Waals surface area contributed by atoms with Crippen molar-refractivity contribution in [2.75, 3.05) is 0 Å². The van der Waals surface area contributed by atoms with Crippen molar-refractivity contribution in [2.24, 2.45) is 0 Å². The topological polar surface area (TPSA) is 133 Å². The average molecular weight is 1330 g/mol. The number of rotatable bonds is 26. The van der Waals surface area contributed by atoms with Gasteiger partial charge >= 0.3 is 0 Å². The fraction of sp³-hybridized carbons (Fsp3) is 0.182. The van der Waals surface area contributed by atoms with E-state index in [0.717, 1.165) is 66.8 Å². The Labute approximate surface area is 585 Å². The molecular weight excluding hydrogens is 1250 g/mol. The fourth-order valence-electron chi connectivity index (χ4n) is 12.2. The molecule has 14 rings (SSSR count).